The number of carbonyl (C=O) groups excluding carboxylic acids is 2. The number of nitrogens with one attached hydrogen (secondary N) is 1. The van der Waals surface area contributed by atoms with Gasteiger partial charge in [-0.2, -0.15) is 0 Å². The van der Waals surface area contributed by atoms with E-state index in [2.05, 4.69) is 15.2 Å². The largest absolute Gasteiger partial charge is 0.475 e. The lowest BCUT2D eigenvalue weighted by Gasteiger charge is -2.37. The van der Waals surface area contributed by atoms with E-state index in [0.717, 1.165) is 0 Å². The molecule has 0 saturated carbocycles. The molecule has 8 heteroatoms. The standard InChI is InChI=1S/C19H30N4O4/c1-14(2)21-18(24)15(3)22-7-9-23(10-8-22)19(25)16-5-6-20-17(13-16)27-12-11-26-4/h5-6,13-15H,7-12H2,1-4H3,(H,21,24). The van der Waals surface area contributed by atoms with Crippen molar-refractivity contribution in [2.75, 3.05) is 46.5 Å². The van der Waals surface area contributed by atoms with E-state index < -0.39 is 0 Å². The number of carbonyl (C=O) groups is 2. The van der Waals surface area contributed by atoms with Gasteiger partial charge >= 0.3 is 0 Å². The maximum atomic E-state index is 12.8. The topological polar surface area (TPSA) is 84.0 Å². The maximum absolute atomic E-state index is 12.8. The molecule has 0 aromatic carbocycles. The molecule has 1 unspecified atom stereocenters. The third-order valence-corrected chi connectivity index (χ3v) is 4.48. The lowest BCUT2D eigenvalue weighted by Crippen LogP contribution is -2.55. The number of hydrogen-bond donors (Lipinski definition) is 1. The monoisotopic (exact) mass is 378 g/mol. The number of piperazine rings is 1. The van der Waals surface area contributed by atoms with Crippen molar-refractivity contribution in [3.05, 3.63) is 23.9 Å². The Balaban J connectivity index is 1.89. The summed E-state index contributed by atoms with van der Waals surface area (Å²) in [6, 6.07) is 3.26. The molecule has 150 valence electrons. The average molecular weight is 378 g/mol. The number of hydrogen-bond acceptors (Lipinski definition) is 6. The van der Waals surface area contributed by atoms with Crippen LogP contribution in [0, 0.1) is 0 Å². The third-order valence-electron chi connectivity index (χ3n) is 4.48. The number of nitrogens with zero attached hydrogens (tertiary/aromatic N) is 3. The van der Waals surface area contributed by atoms with Gasteiger partial charge in [0, 0.05) is 57.2 Å². The molecule has 1 aliphatic rings. The fraction of sp³-hybridized carbons (Fsp3) is 0.632. The summed E-state index contributed by atoms with van der Waals surface area (Å²) in [7, 11) is 1.60. The quantitative estimate of drug-likeness (QED) is 0.673. The van der Waals surface area contributed by atoms with E-state index in [0.29, 0.717) is 50.8 Å². The Morgan fingerprint density at radius 3 is 2.52 bits per heavy atom. The highest BCUT2D eigenvalue weighted by Crippen LogP contribution is 2.14. The average Bonchev–Trinajstić information content (AvgIpc) is 2.67. The van der Waals surface area contributed by atoms with Gasteiger partial charge in [-0.05, 0) is 26.8 Å². The van der Waals surface area contributed by atoms with Crippen molar-refractivity contribution >= 4 is 11.8 Å². The van der Waals surface area contributed by atoms with Crippen LogP contribution < -0.4 is 10.1 Å². The lowest BCUT2D eigenvalue weighted by molar-refractivity contribution is -0.126. The fourth-order valence-electron chi connectivity index (χ4n) is 2.92. The van der Waals surface area contributed by atoms with E-state index in [1.54, 1.807) is 30.3 Å². The van der Waals surface area contributed by atoms with Crippen molar-refractivity contribution in [2.45, 2.75) is 32.9 Å². The van der Waals surface area contributed by atoms with E-state index in [1.807, 2.05) is 20.8 Å². The van der Waals surface area contributed by atoms with Crippen LogP contribution in [0.15, 0.2) is 18.3 Å². The molecule has 1 aliphatic heterocycles. The lowest BCUT2D eigenvalue weighted by atomic mass is 10.1. The highest BCUT2D eigenvalue weighted by atomic mass is 16.5. The number of aromatic nitrogens is 1. The summed E-state index contributed by atoms with van der Waals surface area (Å²) in [6.07, 6.45) is 1.57. The van der Waals surface area contributed by atoms with Gasteiger partial charge in [0.25, 0.3) is 5.91 Å². The molecule has 1 aromatic rings. The third kappa shape index (κ3) is 6.18. The molecule has 1 fully saturated rings. The molecule has 8 nitrogen and oxygen atoms in total. The molecule has 1 saturated heterocycles. The van der Waals surface area contributed by atoms with Crippen molar-refractivity contribution < 1.29 is 19.1 Å². The molecule has 1 atom stereocenters. The second-order valence-electron chi connectivity index (χ2n) is 6.89. The Bertz CT molecular complexity index is 630. The van der Waals surface area contributed by atoms with E-state index >= 15 is 0 Å². The molecule has 1 N–H and O–H groups in total. The minimum Gasteiger partial charge on any atom is -0.475 e. The summed E-state index contributed by atoms with van der Waals surface area (Å²) in [6.45, 7) is 9.15. The number of pyridine rings is 1. The first-order chi connectivity index (χ1) is 12.9. The first-order valence-electron chi connectivity index (χ1n) is 9.34. The summed E-state index contributed by atoms with van der Waals surface area (Å²) >= 11 is 0. The van der Waals surface area contributed by atoms with Crippen LogP contribution in [0.1, 0.15) is 31.1 Å². The van der Waals surface area contributed by atoms with Crippen LogP contribution >= 0.6 is 0 Å². The molecule has 2 amide bonds. The summed E-state index contributed by atoms with van der Waals surface area (Å²) < 4.78 is 10.4. The van der Waals surface area contributed by atoms with Crippen molar-refractivity contribution in [1.82, 2.24) is 20.1 Å². The van der Waals surface area contributed by atoms with Crippen molar-refractivity contribution in [1.29, 1.82) is 0 Å². The van der Waals surface area contributed by atoms with Crippen LogP contribution in [0.4, 0.5) is 0 Å². The zero-order valence-electron chi connectivity index (χ0n) is 16.6. The van der Waals surface area contributed by atoms with Gasteiger partial charge in [-0.1, -0.05) is 0 Å². The normalized spacial score (nSPS) is 16.3. The highest BCUT2D eigenvalue weighted by Gasteiger charge is 2.28. The molecule has 0 radical (unpaired) electrons. The maximum Gasteiger partial charge on any atom is 0.254 e. The molecule has 0 spiro atoms. The molecule has 2 rings (SSSR count). The molecular formula is C19H30N4O4. The first kappa shape index (κ1) is 21.1. The molecule has 0 aliphatic carbocycles. The van der Waals surface area contributed by atoms with Gasteiger partial charge in [-0.25, -0.2) is 4.98 Å². The van der Waals surface area contributed by atoms with E-state index in [-0.39, 0.29) is 23.9 Å². The predicted molar refractivity (Wildman–Crippen MR) is 102 cm³/mol. The molecule has 0 bridgehead atoms. The van der Waals surface area contributed by atoms with Crippen LogP contribution in [0.5, 0.6) is 5.88 Å². The zero-order chi connectivity index (χ0) is 19.8. The first-order valence-corrected chi connectivity index (χ1v) is 9.34. The highest BCUT2D eigenvalue weighted by molar-refractivity contribution is 5.94. The van der Waals surface area contributed by atoms with Crippen LogP contribution in [-0.2, 0) is 9.53 Å². The zero-order valence-corrected chi connectivity index (χ0v) is 16.6. The Kier molecular flexibility index (Phi) is 7.99. The van der Waals surface area contributed by atoms with Crippen molar-refractivity contribution in [3.8, 4) is 5.88 Å². The Hall–Kier alpha value is -2.19. The minimum atomic E-state index is -0.202. The molecular weight excluding hydrogens is 348 g/mol. The van der Waals surface area contributed by atoms with Gasteiger partial charge < -0.3 is 19.7 Å². The van der Waals surface area contributed by atoms with Crippen LogP contribution in [0.2, 0.25) is 0 Å². The van der Waals surface area contributed by atoms with Gasteiger partial charge in [0.2, 0.25) is 11.8 Å². The molecule has 2 heterocycles. The van der Waals surface area contributed by atoms with Gasteiger partial charge in [0.1, 0.15) is 6.61 Å². The minimum absolute atomic E-state index is 0.0248. The second kappa shape index (κ2) is 10.2. The Morgan fingerprint density at radius 2 is 1.89 bits per heavy atom. The number of amides is 2. The summed E-state index contributed by atoms with van der Waals surface area (Å²) in [5.41, 5.74) is 0.552. The van der Waals surface area contributed by atoms with Gasteiger partial charge in [0.15, 0.2) is 0 Å². The van der Waals surface area contributed by atoms with Crippen LogP contribution in [0.3, 0.4) is 0 Å². The van der Waals surface area contributed by atoms with Crippen LogP contribution in [0.25, 0.3) is 0 Å². The Labute approximate surface area is 160 Å². The predicted octanol–water partition coefficient (Wildman–Crippen LogP) is 0.778. The second-order valence-corrected chi connectivity index (χ2v) is 6.89. The summed E-state index contributed by atoms with van der Waals surface area (Å²) in [4.78, 5) is 33.0. The van der Waals surface area contributed by atoms with Crippen LogP contribution in [-0.4, -0.2) is 85.2 Å². The van der Waals surface area contributed by atoms with Gasteiger partial charge in [0.05, 0.1) is 12.6 Å². The van der Waals surface area contributed by atoms with Gasteiger partial charge in [-0.15, -0.1) is 0 Å². The SMILES string of the molecule is COCCOc1cc(C(=O)N2CCN(C(C)C(=O)NC(C)C)CC2)ccn1. The van der Waals surface area contributed by atoms with E-state index in [1.165, 1.54) is 0 Å². The molecule has 27 heavy (non-hydrogen) atoms. The number of rotatable bonds is 8. The fourth-order valence-corrected chi connectivity index (χ4v) is 2.92. The number of methoxy groups -OCH3 is 1. The Morgan fingerprint density at radius 1 is 1.19 bits per heavy atom. The number of ether oxygens (including phenoxy) is 2. The van der Waals surface area contributed by atoms with E-state index in [4.69, 9.17) is 9.47 Å². The van der Waals surface area contributed by atoms with Crippen molar-refractivity contribution in [3.63, 3.8) is 0 Å². The molecule has 1 aromatic heterocycles. The summed E-state index contributed by atoms with van der Waals surface area (Å²) in [5.74, 6) is 0.389. The van der Waals surface area contributed by atoms with E-state index in [9.17, 15) is 9.59 Å². The smallest absolute Gasteiger partial charge is 0.254 e. The van der Waals surface area contributed by atoms with Gasteiger partial charge in [-0.3, -0.25) is 14.5 Å². The van der Waals surface area contributed by atoms with Crippen molar-refractivity contribution in [2.24, 2.45) is 0 Å². The summed E-state index contributed by atoms with van der Waals surface area (Å²) in [5, 5.41) is 2.94.